The smallest absolute Gasteiger partial charge is 0.469 e. The maximum absolute atomic E-state index is 13.0. The van der Waals surface area contributed by atoms with Gasteiger partial charge in [0.2, 0.25) is 17.8 Å². The lowest BCUT2D eigenvalue weighted by molar-refractivity contribution is -0.696. The van der Waals surface area contributed by atoms with E-state index in [1.807, 2.05) is 25.1 Å². The number of ether oxygens (including phenoxy) is 1. The Hall–Kier alpha value is -5.30. The fourth-order valence-corrected chi connectivity index (χ4v) is 8.50. The Kier molecular flexibility index (Phi) is 17.1. The van der Waals surface area contributed by atoms with Crippen LogP contribution in [0.2, 0.25) is 0 Å². The number of phosphoric acid groups is 1. The van der Waals surface area contributed by atoms with Crippen LogP contribution in [0, 0.1) is 0 Å². The summed E-state index contributed by atoms with van der Waals surface area (Å²) in [5.41, 5.74) is 6.89. The Bertz CT molecular complexity index is 2730. The van der Waals surface area contributed by atoms with E-state index in [0.29, 0.717) is 49.2 Å². The molecule has 66 heavy (non-hydrogen) atoms. The molecule has 0 unspecified atom stereocenters. The Labute approximate surface area is 379 Å². The van der Waals surface area contributed by atoms with Crippen LogP contribution in [-0.4, -0.2) is 115 Å². The first-order chi connectivity index (χ1) is 31.4. The molecular formula is C41H56N9O14PS. The number of aromatic amines is 1. The number of H-pyrrole nitrogens is 1. The van der Waals surface area contributed by atoms with Crippen LogP contribution in [0.5, 0.6) is 0 Å². The number of nitrogen functional groups attached to an aromatic ring is 1. The van der Waals surface area contributed by atoms with Gasteiger partial charge in [0.15, 0.2) is 29.8 Å². The van der Waals surface area contributed by atoms with Crippen molar-refractivity contribution in [1.29, 1.82) is 0 Å². The van der Waals surface area contributed by atoms with Gasteiger partial charge in [-0.3, -0.25) is 23.7 Å². The minimum Gasteiger partial charge on any atom is -0.748 e. The lowest BCUT2D eigenvalue weighted by Crippen LogP contribution is -2.33. The number of carbonyl (C=O) groups excluding carboxylic acids is 1. The van der Waals surface area contributed by atoms with Crippen LogP contribution in [0.15, 0.2) is 62.8 Å². The normalized spacial score (nSPS) is 17.7. The summed E-state index contributed by atoms with van der Waals surface area (Å²) in [7, 11) is -9.17. The van der Waals surface area contributed by atoms with Crippen molar-refractivity contribution in [3.05, 3.63) is 69.6 Å². The summed E-state index contributed by atoms with van der Waals surface area (Å²) < 4.78 is 62.8. The summed E-state index contributed by atoms with van der Waals surface area (Å²) in [4.78, 5) is 69.3. The number of phosphoric ester groups is 1. The number of pyridine rings is 1. The quantitative estimate of drug-likeness (QED) is 0.0135. The number of benzene rings is 1. The molecule has 1 fully saturated rings. The molecule has 0 bridgehead atoms. The van der Waals surface area contributed by atoms with Gasteiger partial charge in [-0.25, -0.2) is 27.3 Å². The Morgan fingerprint density at radius 1 is 1.02 bits per heavy atom. The second kappa shape index (κ2) is 22.5. The number of aromatic nitrogens is 5. The summed E-state index contributed by atoms with van der Waals surface area (Å²) >= 11 is 0. The highest BCUT2D eigenvalue weighted by atomic mass is 32.2. The number of nitrogens with two attached hydrogens (primary N) is 1. The van der Waals surface area contributed by atoms with E-state index < -0.39 is 66.0 Å². The maximum Gasteiger partial charge on any atom is 0.469 e. The van der Waals surface area contributed by atoms with Gasteiger partial charge in [-0.1, -0.05) is 19.3 Å². The average Bonchev–Trinajstić information content (AvgIpc) is 3.76. The fourth-order valence-electron chi connectivity index (χ4n) is 7.68. The molecule has 0 radical (unpaired) electrons. The summed E-state index contributed by atoms with van der Waals surface area (Å²) in [6, 6.07) is 11.0. The SMILES string of the molecule is CCN(CCCCCC(=O)NCCCCCCNc1nc2c(=O)[nH]c(N)nc2n1[C@@H]1O[C@H](COP(=O)(O)O)[C@@H](O)[C@H]1O)c1ccc2cc(-c3cc[n+](CCCS(=O)(=O)[O-])cc3)c(=O)oc2c1. The van der Waals surface area contributed by atoms with Gasteiger partial charge in [0, 0.05) is 79.6 Å². The van der Waals surface area contributed by atoms with Crippen molar-refractivity contribution in [2.45, 2.75) is 95.8 Å². The zero-order valence-corrected chi connectivity index (χ0v) is 38.0. The zero-order chi connectivity index (χ0) is 47.6. The van der Waals surface area contributed by atoms with Gasteiger partial charge < -0.3 is 55.0 Å². The Morgan fingerprint density at radius 2 is 1.74 bits per heavy atom. The number of aliphatic hydroxyl groups excluding tert-OH is 2. The Morgan fingerprint density at radius 3 is 2.45 bits per heavy atom. The van der Waals surface area contributed by atoms with E-state index in [1.165, 1.54) is 4.57 Å². The molecule has 4 atom stereocenters. The lowest BCUT2D eigenvalue weighted by Gasteiger charge is -2.23. The van der Waals surface area contributed by atoms with Gasteiger partial charge in [-0.05, 0) is 50.8 Å². The molecule has 9 N–H and O–H groups in total. The van der Waals surface area contributed by atoms with E-state index >= 15 is 0 Å². The van der Waals surface area contributed by atoms with E-state index in [4.69, 9.17) is 24.7 Å². The topological polar surface area (TPSA) is 342 Å². The van der Waals surface area contributed by atoms with Crippen molar-refractivity contribution >= 4 is 63.6 Å². The average molecular weight is 962 g/mol. The minimum absolute atomic E-state index is 0.0174. The molecule has 5 aromatic rings. The zero-order valence-electron chi connectivity index (χ0n) is 36.3. The third-order valence-electron chi connectivity index (χ3n) is 11.1. The molecule has 5 heterocycles. The Balaban J connectivity index is 0.883. The van der Waals surface area contributed by atoms with Crippen molar-refractivity contribution in [2.24, 2.45) is 0 Å². The van der Waals surface area contributed by atoms with Crippen LogP contribution in [-0.2, 0) is 35.3 Å². The van der Waals surface area contributed by atoms with Crippen molar-refractivity contribution in [3.8, 4) is 11.1 Å². The van der Waals surface area contributed by atoms with Crippen molar-refractivity contribution in [2.75, 3.05) is 54.5 Å². The van der Waals surface area contributed by atoms with Gasteiger partial charge in [-0.15, -0.1) is 0 Å². The number of imidazole rings is 1. The number of nitrogens with one attached hydrogen (secondary N) is 3. The first-order valence-electron chi connectivity index (χ1n) is 21.7. The summed E-state index contributed by atoms with van der Waals surface area (Å²) in [5.74, 6) is -0.603. The third kappa shape index (κ3) is 13.6. The second-order valence-electron chi connectivity index (χ2n) is 16.0. The number of unbranched alkanes of at least 4 members (excludes halogenated alkanes) is 5. The number of anilines is 3. The van der Waals surface area contributed by atoms with E-state index in [1.54, 1.807) is 35.2 Å². The monoisotopic (exact) mass is 961 g/mol. The highest BCUT2D eigenvalue weighted by Gasteiger charge is 2.46. The lowest BCUT2D eigenvalue weighted by atomic mass is 10.1. The van der Waals surface area contributed by atoms with Gasteiger partial charge >= 0.3 is 13.4 Å². The molecule has 360 valence electrons. The number of aryl methyl sites for hydroxylation is 1. The molecule has 25 heteroatoms. The molecule has 1 aromatic carbocycles. The molecule has 0 spiro atoms. The standard InChI is InChI=1S/C41H56N9O14PS/c1-2-49(28-13-12-27-23-29(39(55)64-30(27)24-28)26-14-20-48(21-15-26)18-10-22-66(59,60)61)19-9-5-6-11-32(51)43-16-7-3-4-8-17-44-41-45-33-36(46-40(42)47-37(33)54)50(41)38-35(53)34(52)31(63-38)25-62-65(56,57)58/h12-15,20-21,23-24,31,34-35,38,52-53H,2-11,16-19,22,25H2,1H3,(H7-,42,43,44,45,46,47,51,54,56,57,58,59,60,61)/t31-,34-,35-,38-/m1/s1. The van der Waals surface area contributed by atoms with Crippen molar-refractivity contribution in [1.82, 2.24) is 24.8 Å². The fraction of sp³-hybridized carbons (Fsp3) is 0.512. The summed E-state index contributed by atoms with van der Waals surface area (Å²) in [6.07, 6.45) is 3.62. The van der Waals surface area contributed by atoms with Crippen molar-refractivity contribution < 1.29 is 60.6 Å². The van der Waals surface area contributed by atoms with Gasteiger partial charge in [0.05, 0.1) is 22.3 Å². The molecule has 0 aliphatic carbocycles. The van der Waals surface area contributed by atoms with Crippen LogP contribution >= 0.6 is 7.82 Å². The highest BCUT2D eigenvalue weighted by Crippen LogP contribution is 2.39. The van der Waals surface area contributed by atoms with Gasteiger partial charge in [-0.2, -0.15) is 4.98 Å². The van der Waals surface area contributed by atoms with Gasteiger partial charge in [0.25, 0.3) is 5.56 Å². The van der Waals surface area contributed by atoms with Crippen LogP contribution in [0.3, 0.4) is 0 Å². The number of carbonyl (C=O) groups is 1. The van der Waals surface area contributed by atoms with Crippen LogP contribution in [0.25, 0.3) is 33.3 Å². The number of fused-ring (bicyclic) bond motifs is 2. The molecule has 4 aromatic heterocycles. The molecule has 1 saturated heterocycles. The summed E-state index contributed by atoms with van der Waals surface area (Å²) in [5, 5.41) is 28.2. The first kappa shape index (κ1) is 50.1. The second-order valence-corrected chi connectivity index (χ2v) is 18.7. The number of nitrogens with zero attached hydrogens (tertiary/aromatic N) is 5. The number of hydrogen-bond acceptors (Lipinski definition) is 17. The van der Waals surface area contributed by atoms with Gasteiger partial charge in [0.1, 0.15) is 30.4 Å². The molecule has 1 amide bonds. The molecule has 23 nitrogen and oxygen atoms in total. The third-order valence-corrected chi connectivity index (χ3v) is 12.4. The van der Waals surface area contributed by atoms with Crippen LogP contribution in [0.1, 0.15) is 70.9 Å². The van der Waals surface area contributed by atoms with Crippen LogP contribution in [0.4, 0.5) is 17.6 Å². The minimum atomic E-state index is -4.90. The van der Waals surface area contributed by atoms with E-state index in [0.717, 1.165) is 62.7 Å². The highest BCUT2D eigenvalue weighted by molar-refractivity contribution is 7.85. The number of aliphatic hydroxyl groups is 2. The number of hydrogen-bond donors (Lipinski definition) is 8. The van der Waals surface area contributed by atoms with E-state index in [9.17, 15) is 42.1 Å². The first-order valence-corrected chi connectivity index (χ1v) is 24.8. The summed E-state index contributed by atoms with van der Waals surface area (Å²) in [6.45, 7) is 4.07. The maximum atomic E-state index is 13.0. The number of rotatable bonds is 25. The van der Waals surface area contributed by atoms with E-state index in [2.05, 4.69) is 35.0 Å². The van der Waals surface area contributed by atoms with E-state index in [-0.39, 0.29) is 35.4 Å². The predicted molar refractivity (Wildman–Crippen MR) is 240 cm³/mol. The largest absolute Gasteiger partial charge is 0.748 e. The molecule has 6 rings (SSSR count). The number of amides is 1. The van der Waals surface area contributed by atoms with Crippen LogP contribution < -0.4 is 37.0 Å². The molecule has 1 aliphatic rings. The molecule has 1 aliphatic heterocycles. The van der Waals surface area contributed by atoms with Crippen molar-refractivity contribution in [3.63, 3.8) is 0 Å². The molecular weight excluding hydrogens is 906 g/mol. The predicted octanol–water partition coefficient (Wildman–Crippen LogP) is 1.60. The molecule has 0 saturated carbocycles.